The number of rotatable bonds is 13. The number of halogens is 2. The summed E-state index contributed by atoms with van der Waals surface area (Å²) in [5.41, 5.74) is 0. The van der Waals surface area contributed by atoms with Crippen molar-refractivity contribution in [1.82, 2.24) is 0 Å². The molecule has 8 heteroatoms. The van der Waals surface area contributed by atoms with Crippen LogP contribution in [0.5, 0.6) is 5.75 Å². The minimum atomic E-state index is -0.885. The van der Waals surface area contributed by atoms with E-state index in [9.17, 15) is 9.18 Å². The molecular weight excluding hydrogens is 375 g/mol. The van der Waals surface area contributed by atoms with Crippen LogP contribution in [-0.2, 0) is 19.0 Å². The van der Waals surface area contributed by atoms with Gasteiger partial charge in [0.05, 0.1) is 46.1 Å². The Morgan fingerprint density at radius 2 is 1.57 bits per heavy atom. The number of carbonyl (C=O) groups is 1. The van der Waals surface area contributed by atoms with Crippen LogP contribution < -0.4 is 4.74 Å². The average molecular weight is 395 g/mol. The molecule has 0 fully saturated rings. The Morgan fingerprint density at radius 3 is 2.13 bits per heavy atom. The molecule has 0 aliphatic carbocycles. The fourth-order valence-electron chi connectivity index (χ4n) is 1.50. The Labute approximate surface area is 142 Å². The first-order valence-electron chi connectivity index (χ1n) is 7.12. The molecule has 23 heavy (non-hydrogen) atoms. The van der Waals surface area contributed by atoms with Gasteiger partial charge >= 0.3 is 5.97 Å². The molecule has 0 aliphatic rings. The maximum atomic E-state index is 13.4. The summed E-state index contributed by atoms with van der Waals surface area (Å²) < 4.78 is 34.9. The number of hydrogen-bond acceptors (Lipinski definition) is 5. The van der Waals surface area contributed by atoms with Crippen LogP contribution in [0.4, 0.5) is 4.39 Å². The molecule has 0 amide bonds. The number of ether oxygens (including phenoxy) is 4. The molecule has 0 aliphatic heterocycles. The lowest BCUT2D eigenvalue weighted by atomic mass is 10.3. The summed E-state index contributed by atoms with van der Waals surface area (Å²) in [6.45, 7) is 2.27. The van der Waals surface area contributed by atoms with Gasteiger partial charge in [0, 0.05) is 4.47 Å². The van der Waals surface area contributed by atoms with E-state index in [-0.39, 0.29) is 25.4 Å². The molecule has 0 heterocycles. The molecule has 1 N–H and O–H groups in total. The van der Waals surface area contributed by atoms with Gasteiger partial charge in [-0.1, -0.05) is 15.9 Å². The van der Waals surface area contributed by atoms with E-state index < -0.39 is 11.8 Å². The van der Waals surface area contributed by atoms with Crippen molar-refractivity contribution in [2.24, 2.45) is 0 Å². The van der Waals surface area contributed by atoms with Crippen LogP contribution in [0.3, 0.4) is 0 Å². The fourth-order valence-corrected chi connectivity index (χ4v) is 1.84. The molecule has 130 valence electrons. The van der Waals surface area contributed by atoms with Gasteiger partial charge in [0.1, 0.15) is 6.61 Å². The Balaban J connectivity index is 1.89. The number of benzene rings is 1. The number of hydrogen-bond donors (Lipinski definition) is 1. The highest BCUT2D eigenvalue weighted by Gasteiger charge is 2.03. The van der Waals surface area contributed by atoms with E-state index in [0.29, 0.717) is 37.5 Å². The van der Waals surface area contributed by atoms with Crippen LogP contribution in [-0.4, -0.2) is 57.3 Å². The van der Waals surface area contributed by atoms with Crippen molar-refractivity contribution >= 4 is 21.9 Å². The topological polar surface area (TPSA) is 74.2 Å². The molecule has 0 unspecified atom stereocenters. The summed E-state index contributed by atoms with van der Waals surface area (Å²) >= 11 is 3.17. The molecule has 1 rings (SSSR count). The van der Waals surface area contributed by atoms with Gasteiger partial charge < -0.3 is 24.1 Å². The highest BCUT2D eigenvalue weighted by molar-refractivity contribution is 9.10. The largest absolute Gasteiger partial charge is 0.488 e. The van der Waals surface area contributed by atoms with Crippen molar-refractivity contribution in [3.8, 4) is 5.75 Å². The fraction of sp³-hybridized carbons (Fsp3) is 0.533. The molecule has 1 aromatic rings. The monoisotopic (exact) mass is 394 g/mol. The smallest absolute Gasteiger partial charge is 0.305 e. The van der Waals surface area contributed by atoms with Crippen LogP contribution in [0.1, 0.15) is 6.42 Å². The van der Waals surface area contributed by atoms with Crippen molar-refractivity contribution in [3.63, 3.8) is 0 Å². The molecule has 0 aromatic heterocycles. The second-order valence-corrected chi connectivity index (χ2v) is 5.32. The van der Waals surface area contributed by atoms with Gasteiger partial charge in [-0.15, -0.1) is 0 Å². The summed E-state index contributed by atoms with van der Waals surface area (Å²) in [6.07, 6.45) is -0.0118. The first-order valence-corrected chi connectivity index (χ1v) is 7.92. The van der Waals surface area contributed by atoms with Gasteiger partial charge in [-0.25, -0.2) is 4.39 Å². The zero-order valence-corrected chi connectivity index (χ0v) is 14.2. The van der Waals surface area contributed by atoms with Crippen LogP contribution in [0.15, 0.2) is 22.7 Å². The summed E-state index contributed by atoms with van der Waals surface area (Å²) in [5.74, 6) is -1.12. The number of aliphatic carboxylic acids is 1. The third-order valence-electron chi connectivity index (χ3n) is 2.58. The van der Waals surface area contributed by atoms with E-state index in [1.165, 1.54) is 6.07 Å². The van der Waals surface area contributed by atoms with Crippen molar-refractivity contribution in [1.29, 1.82) is 0 Å². The summed E-state index contributed by atoms with van der Waals surface area (Å²) in [4.78, 5) is 10.2. The molecule has 1 aromatic carbocycles. The third kappa shape index (κ3) is 10.2. The minimum Gasteiger partial charge on any atom is -0.488 e. The van der Waals surface area contributed by atoms with Crippen molar-refractivity contribution in [2.45, 2.75) is 6.42 Å². The zero-order valence-electron chi connectivity index (χ0n) is 12.6. The van der Waals surface area contributed by atoms with Crippen LogP contribution in [0.25, 0.3) is 0 Å². The Bertz CT molecular complexity index is 471. The van der Waals surface area contributed by atoms with E-state index in [0.717, 1.165) is 0 Å². The third-order valence-corrected chi connectivity index (χ3v) is 3.08. The molecule has 0 spiro atoms. The lowest BCUT2D eigenvalue weighted by Crippen LogP contribution is -2.13. The predicted molar refractivity (Wildman–Crippen MR) is 84.3 cm³/mol. The van der Waals surface area contributed by atoms with Crippen molar-refractivity contribution in [3.05, 3.63) is 28.5 Å². The second-order valence-electron chi connectivity index (χ2n) is 4.40. The summed E-state index contributed by atoms with van der Waals surface area (Å²) in [5, 5.41) is 8.40. The average Bonchev–Trinajstić information content (AvgIpc) is 2.50. The maximum absolute atomic E-state index is 13.4. The molecule has 0 radical (unpaired) electrons. The Morgan fingerprint density at radius 1 is 1.00 bits per heavy atom. The number of carboxylic acid groups (broad SMARTS) is 1. The van der Waals surface area contributed by atoms with Crippen LogP contribution in [0, 0.1) is 5.82 Å². The standard InChI is InChI=1S/C15H20BrFO6/c16-12-1-2-14(13(17)11-12)23-10-9-22-8-7-21-6-5-20-4-3-15(18)19/h1-2,11H,3-10H2,(H,18,19). The SMILES string of the molecule is O=C(O)CCOCCOCCOCCOc1ccc(Br)cc1F. The highest BCUT2D eigenvalue weighted by atomic mass is 79.9. The van der Waals surface area contributed by atoms with Gasteiger partial charge in [-0.3, -0.25) is 4.79 Å². The van der Waals surface area contributed by atoms with Gasteiger partial charge in [0.25, 0.3) is 0 Å². The molecule has 6 nitrogen and oxygen atoms in total. The second kappa shape index (κ2) is 12.2. The zero-order chi connectivity index (χ0) is 16.9. The van der Waals surface area contributed by atoms with E-state index in [2.05, 4.69) is 15.9 Å². The van der Waals surface area contributed by atoms with Gasteiger partial charge in [0.2, 0.25) is 0 Å². The van der Waals surface area contributed by atoms with Crippen molar-refractivity contribution < 1.29 is 33.2 Å². The van der Waals surface area contributed by atoms with Crippen LogP contribution in [0.2, 0.25) is 0 Å². The highest BCUT2D eigenvalue weighted by Crippen LogP contribution is 2.21. The molecule has 0 atom stereocenters. The predicted octanol–water partition coefficient (Wildman–Crippen LogP) is 2.49. The van der Waals surface area contributed by atoms with E-state index >= 15 is 0 Å². The van der Waals surface area contributed by atoms with Crippen LogP contribution >= 0.6 is 15.9 Å². The van der Waals surface area contributed by atoms with E-state index in [4.69, 9.17) is 24.1 Å². The molecule has 0 saturated heterocycles. The van der Waals surface area contributed by atoms with Gasteiger partial charge in [-0.2, -0.15) is 0 Å². The first-order chi connectivity index (χ1) is 11.1. The minimum absolute atomic E-state index is 0.0118. The van der Waals surface area contributed by atoms with Crippen molar-refractivity contribution in [2.75, 3.05) is 46.2 Å². The molecular formula is C15H20BrFO6. The maximum Gasteiger partial charge on any atom is 0.305 e. The molecule has 0 bridgehead atoms. The van der Waals surface area contributed by atoms with E-state index in [1.54, 1.807) is 12.1 Å². The van der Waals surface area contributed by atoms with Gasteiger partial charge in [-0.05, 0) is 18.2 Å². The Hall–Kier alpha value is -1.22. The lowest BCUT2D eigenvalue weighted by molar-refractivity contribution is -0.138. The Kier molecular flexibility index (Phi) is 10.5. The molecule has 0 saturated carbocycles. The first kappa shape index (κ1) is 19.8. The van der Waals surface area contributed by atoms with E-state index in [1.807, 2.05) is 0 Å². The van der Waals surface area contributed by atoms with Gasteiger partial charge in [0.15, 0.2) is 11.6 Å². The quantitative estimate of drug-likeness (QED) is 0.518. The lowest BCUT2D eigenvalue weighted by Gasteiger charge is -2.08. The summed E-state index contributed by atoms with van der Waals surface area (Å²) in [7, 11) is 0. The summed E-state index contributed by atoms with van der Waals surface area (Å²) in [6, 6.07) is 4.58. The number of carboxylic acids is 1. The normalized spacial score (nSPS) is 10.7.